The van der Waals surface area contributed by atoms with E-state index in [1.807, 2.05) is 13.0 Å². The number of ketones is 1. The van der Waals surface area contributed by atoms with Gasteiger partial charge in [0.15, 0.2) is 5.78 Å². The number of Topliss-reactive ketones (excluding diaryl/α,β-unsaturated/α-hetero) is 1. The van der Waals surface area contributed by atoms with Gasteiger partial charge in [-0.15, -0.1) is 11.6 Å². The molecule has 12 heavy (non-hydrogen) atoms. The van der Waals surface area contributed by atoms with Crippen molar-refractivity contribution in [2.45, 2.75) is 6.92 Å². The van der Waals surface area contributed by atoms with E-state index in [0.717, 1.165) is 5.56 Å². The summed E-state index contributed by atoms with van der Waals surface area (Å²) >= 11 is 11.3. The molecule has 0 saturated carbocycles. The molecule has 0 fully saturated rings. The minimum atomic E-state index is -0.134. The van der Waals surface area contributed by atoms with E-state index < -0.39 is 0 Å². The number of carbonyl (C=O) groups is 1. The maximum absolute atomic E-state index is 11.2. The largest absolute Gasteiger partial charge is 0.293 e. The normalized spacial score (nSPS) is 9.92. The van der Waals surface area contributed by atoms with E-state index >= 15 is 0 Å². The van der Waals surface area contributed by atoms with Crippen LogP contribution in [0.2, 0.25) is 5.02 Å². The number of hydrogen-bond acceptors (Lipinski definition) is 1. The molecule has 0 amide bonds. The van der Waals surface area contributed by atoms with Crippen LogP contribution in [0.1, 0.15) is 15.9 Å². The fourth-order valence-electron chi connectivity index (χ4n) is 0.935. The van der Waals surface area contributed by atoms with Gasteiger partial charge >= 0.3 is 0 Å². The molecule has 1 aromatic rings. The molecule has 0 N–H and O–H groups in total. The van der Waals surface area contributed by atoms with E-state index in [-0.39, 0.29) is 11.7 Å². The van der Waals surface area contributed by atoms with E-state index in [1.165, 1.54) is 0 Å². The van der Waals surface area contributed by atoms with Gasteiger partial charge in [0.25, 0.3) is 0 Å². The molecule has 0 spiro atoms. The van der Waals surface area contributed by atoms with E-state index in [1.54, 1.807) is 12.1 Å². The lowest BCUT2D eigenvalue weighted by Crippen LogP contribution is -2.01. The van der Waals surface area contributed by atoms with Crippen LogP contribution in [0.4, 0.5) is 0 Å². The minimum Gasteiger partial charge on any atom is -0.293 e. The zero-order valence-electron chi connectivity index (χ0n) is 6.60. The second-order valence-electron chi connectivity index (χ2n) is 2.49. The molecule has 3 heteroatoms. The van der Waals surface area contributed by atoms with Gasteiger partial charge in [0.2, 0.25) is 0 Å². The van der Waals surface area contributed by atoms with Crippen LogP contribution in [0.5, 0.6) is 0 Å². The van der Waals surface area contributed by atoms with Gasteiger partial charge in [-0.3, -0.25) is 4.79 Å². The predicted octanol–water partition coefficient (Wildman–Crippen LogP) is 3.07. The van der Waals surface area contributed by atoms with Crippen LogP contribution in [0.3, 0.4) is 0 Å². The fraction of sp³-hybridized carbons (Fsp3) is 0.222. The second kappa shape index (κ2) is 3.92. The van der Waals surface area contributed by atoms with E-state index in [2.05, 4.69) is 0 Å². The molecule has 0 atom stereocenters. The Bertz CT molecular complexity index is 307. The first-order valence-electron chi connectivity index (χ1n) is 3.51. The topological polar surface area (TPSA) is 17.1 Å². The summed E-state index contributed by atoms with van der Waals surface area (Å²) in [6.45, 7) is 1.85. The molecule has 0 heterocycles. The SMILES string of the molecule is Cc1cccc(C(=O)CCl)c1Cl. The molecule has 0 aromatic heterocycles. The van der Waals surface area contributed by atoms with Crippen LogP contribution in [-0.4, -0.2) is 11.7 Å². The smallest absolute Gasteiger partial charge is 0.179 e. The summed E-state index contributed by atoms with van der Waals surface area (Å²) in [6.07, 6.45) is 0. The zero-order valence-corrected chi connectivity index (χ0v) is 8.12. The van der Waals surface area contributed by atoms with E-state index in [9.17, 15) is 4.79 Å². The van der Waals surface area contributed by atoms with Gasteiger partial charge in [-0.1, -0.05) is 23.7 Å². The standard InChI is InChI=1S/C9H8Cl2O/c1-6-3-2-4-7(9(6)11)8(12)5-10/h2-4H,5H2,1H3. The molecule has 1 rings (SSSR count). The Morgan fingerprint density at radius 3 is 2.75 bits per heavy atom. The average molecular weight is 203 g/mol. The fourth-order valence-corrected chi connectivity index (χ4v) is 1.31. The number of benzene rings is 1. The number of hydrogen-bond donors (Lipinski definition) is 0. The highest BCUT2D eigenvalue weighted by molar-refractivity contribution is 6.37. The van der Waals surface area contributed by atoms with Crippen molar-refractivity contribution < 1.29 is 4.79 Å². The summed E-state index contributed by atoms with van der Waals surface area (Å²) in [7, 11) is 0. The van der Waals surface area contributed by atoms with Crippen molar-refractivity contribution in [2.24, 2.45) is 0 Å². The van der Waals surface area contributed by atoms with Crippen LogP contribution in [0.25, 0.3) is 0 Å². The summed E-state index contributed by atoms with van der Waals surface area (Å²) in [5.41, 5.74) is 1.40. The molecule has 1 aromatic carbocycles. The third kappa shape index (κ3) is 1.79. The molecular weight excluding hydrogens is 195 g/mol. The summed E-state index contributed by atoms with van der Waals surface area (Å²) in [5.74, 6) is -0.159. The van der Waals surface area contributed by atoms with Crippen LogP contribution in [0.15, 0.2) is 18.2 Å². The first kappa shape index (κ1) is 9.56. The van der Waals surface area contributed by atoms with Crippen molar-refractivity contribution >= 4 is 29.0 Å². The first-order valence-corrected chi connectivity index (χ1v) is 4.42. The molecule has 0 bridgehead atoms. The molecule has 0 aliphatic rings. The number of halogens is 2. The van der Waals surface area contributed by atoms with Crippen LogP contribution >= 0.6 is 23.2 Å². The molecule has 0 radical (unpaired) electrons. The Labute approximate surface area is 81.3 Å². The number of alkyl halides is 1. The van der Waals surface area contributed by atoms with Gasteiger partial charge in [0, 0.05) is 5.56 Å². The van der Waals surface area contributed by atoms with E-state index in [4.69, 9.17) is 23.2 Å². The highest BCUT2D eigenvalue weighted by atomic mass is 35.5. The van der Waals surface area contributed by atoms with Gasteiger partial charge in [-0.2, -0.15) is 0 Å². The Hall–Kier alpha value is -0.530. The summed E-state index contributed by atoms with van der Waals surface area (Å²) < 4.78 is 0. The Morgan fingerprint density at radius 1 is 1.50 bits per heavy atom. The lowest BCUT2D eigenvalue weighted by molar-refractivity contribution is 0.102. The van der Waals surface area contributed by atoms with Crippen molar-refractivity contribution in [3.8, 4) is 0 Å². The van der Waals surface area contributed by atoms with Crippen molar-refractivity contribution in [1.29, 1.82) is 0 Å². The zero-order chi connectivity index (χ0) is 9.14. The van der Waals surface area contributed by atoms with Crippen LogP contribution in [0, 0.1) is 6.92 Å². The van der Waals surface area contributed by atoms with Crippen molar-refractivity contribution in [3.05, 3.63) is 34.3 Å². The highest BCUT2D eigenvalue weighted by Gasteiger charge is 2.09. The Kier molecular flexibility index (Phi) is 3.12. The van der Waals surface area contributed by atoms with Gasteiger partial charge < -0.3 is 0 Å². The number of aryl methyl sites for hydroxylation is 1. The maximum atomic E-state index is 11.2. The molecule has 64 valence electrons. The monoisotopic (exact) mass is 202 g/mol. The Balaban J connectivity index is 3.16. The van der Waals surface area contributed by atoms with E-state index in [0.29, 0.717) is 10.6 Å². The molecule has 0 aliphatic heterocycles. The lowest BCUT2D eigenvalue weighted by Gasteiger charge is -2.02. The van der Waals surface area contributed by atoms with Crippen LogP contribution < -0.4 is 0 Å². The first-order chi connectivity index (χ1) is 5.66. The van der Waals surface area contributed by atoms with Gasteiger partial charge in [-0.05, 0) is 18.6 Å². The summed E-state index contributed by atoms with van der Waals surface area (Å²) in [6, 6.07) is 5.33. The molecule has 0 unspecified atom stereocenters. The third-order valence-electron chi connectivity index (χ3n) is 1.61. The summed E-state index contributed by atoms with van der Waals surface area (Å²) in [4.78, 5) is 11.2. The Morgan fingerprint density at radius 2 is 2.17 bits per heavy atom. The van der Waals surface area contributed by atoms with Crippen molar-refractivity contribution in [2.75, 3.05) is 5.88 Å². The third-order valence-corrected chi connectivity index (χ3v) is 2.36. The second-order valence-corrected chi connectivity index (χ2v) is 3.14. The molecule has 0 aliphatic carbocycles. The lowest BCUT2D eigenvalue weighted by atomic mass is 10.1. The maximum Gasteiger partial charge on any atom is 0.179 e. The van der Waals surface area contributed by atoms with Crippen molar-refractivity contribution in [1.82, 2.24) is 0 Å². The van der Waals surface area contributed by atoms with Gasteiger partial charge in [0.05, 0.1) is 10.9 Å². The number of carbonyl (C=O) groups excluding carboxylic acids is 1. The molecule has 0 saturated heterocycles. The summed E-state index contributed by atoms with van der Waals surface area (Å²) in [5, 5.41) is 0.503. The highest BCUT2D eigenvalue weighted by Crippen LogP contribution is 2.20. The van der Waals surface area contributed by atoms with Gasteiger partial charge in [0.1, 0.15) is 0 Å². The predicted molar refractivity (Wildman–Crippen MR) is 51.2 cm³/mol. The quantitative estimate of drug-likeness (QED) is 0.533. The average Bonchev–Trinajstić information content (AvgIpc) is 2.08. The number of rotatable bonds is 2. The molecule has 1 nitrogen and oxygen atoms in total. The minimum absolute atomic E-state index is 0.0246. The van der Waals surface area contributed by atoms with Crippen LogP contribution in [-0.2, 0) is 0 Å². The van der Waals surface area contributed by atoms with Gasteiger partial charge in [-0.25, -0.2) is 0 Å². The van der Waals surface area contributed by atoms with Crippen molar-refractivity contribution in [3.63, 3.8) is 0 Å². The molecular formula is C9H8Cl2O.